The van der Waals surface area contributed by atoms with Crippen molar-refractivity contribution in [1.82, 2.24) is 20.1 Å². The number of benzene rings is 3. The van der Waals surface area contributed by atoms with Crippen LogP contribution in [0.15, 0.2) is 79.0 Å². The molecule has 5 aromatic rings. The van der Waals surface area contributed by atoms with Crippen LogP contribution in [0.2, 0.25) is 0 Å². The molecule has 6 rings (SSSR count). The van der Waals surface area contributed by atoms with Crippen LogP contribution in [-0.4, -0.2) is 33.7 Å². The van der Waals surface area contributed by atoms with E-state index in [-0.39, 0.29) is 0 Å². The van der Waals surface area contributed by atoms with Crippen LogP contribution in [0.25, 0.3) is 33.1 Å². The maximum Gasteiger partial charge on any atom is 0.0936 e. The Kier molecular flexibility index (Phi) is 3.93. The van der Waals surface area contributed by atoms with Gasteiger partial charge in [-0.3, -0.25) is 0 Å². The van der Waals surface area contributed by atoms with E-state index >= 15 is 0 Å². The van der Waals surface area contributed by atoms with Gasteiger partial charge in [0.1, 0.15) is 0 Å². The average molecular weight is 390 g/mol. The first-order valence-electron chi connectivity index (χ1n) is 10.4. The Labute approximate surface area is 175 Å². The molecule has 0 bridgehead atoms. The fraction of sp³-hybridized carbons (Fsp3) is 0.154. The normalized spacial score (nSPS) is 16.8. The zero-order valence-corrected chi connectivity index (χ0v) is 16.8. The van der Waals surface area contributed by atoms with E-state index in [0.717, 1.165) is 35.2 Å². The van der Waals surface area contributed by atoms with Crippen molar-refractivity contribution in [1.29, 1.82) is 0 Å². The summed E-state index contributed by atoms with van der Waals surface area (Å²) < 4.78 is 0. The Morgan fingerprint density at radius 1 is 0.900 bits per heavy atom. The lowest BCUT2D eigenvalue weighted by Crippen LogP contribution is -2.31. The van der Waals surface area contributed by atoms with Gasteiger partial charge in [0.2, 0.25) is 0 Å². The van der Waals surface area contributed by atoms with E-state index in [9.17, 15) is 0 Å². The van der Waals surface area contributed by atoms with E-state index in [1.165, 1.54) is 27.6 Å². The molecule has 3 heterocycles. The van der Waals surface area contributed by atoms with Crippen molar-refractivity contribution in [3.63, 3.8) is 0 Å². The lowest BCUT2D eigenvalue weighted by atomic mass is 9.83. The van der Waals surface area contributed by atoms with Crippen LogP contribution in [0.4, 0.5) is 0 Å². The maximum atomic E-state index is 4.48. The Hall–Kier alpha value is -3.50. The summed E-state index contributed by atoms with van der Waals surface area (Å²) in [5.74, 6) is 0.364. The van der Waals surface area contributed by atoms with Crippen LogP contribution in [0.5, 0.6) is 0 Å². The first-order valence-corrected chi connectivity index (χ1v) is 10.4. The molecule has 1 aliphatic heterocycles. The number of rotatable bonds is 2. The van der Waals surface area contributed by atoms with Crippen molar-refractivity contribution in [3.8, 4) is 11.3 Å². The highest BCUT2D eigenvalue weighted by atomic mass is 15.1. The molecule has 0 spiro atoms. The van der Waals surface area contributed by atoms with Gasteiger partial charge in [-0.15, -0.1) is 10.2 Å². The van der Waals surface area contributed by atoms with Crippen LogP contribution in [0.1, 0.15) is 22.6 Å². The highest BCUT2D eigenvalue weighted by molar-refractivity contribution is 5.82. The summed E-state index contributed by atoms with van der Waals surface area (Å²) in [5, 5.41) is 11.3. The second-order valence-electron chi connectivity index (χ2n) is 8.28. The van der Waals surface area contributed by atoms with Crippen molar-refractivity contribution in [2.24, 2.45) is 0 Å². The molecule has 1 N–H and O–H groups in total. The zero-order valence-electron chi connectivity index (χ0n) is 16.8. The van der Waals surface area contributed by atoms with Crippen LogP contribution in [0.3, 0.4) is 0 Å². The second kappa shape index (κ2) is 6.78. The maximum absolute atomic E-state index is 4.48. The minimum atomic E-state index is 0.364. The summed E-state index contributed by atoms with van der Waals surface area (Å²) in [5.41, 5.74) is 8.32. The van der Waals surface area contributed by atoms with Gasteiger partial charge in [-0.25, -0.2) is 0 Å². The van der Waals surface area contributed by atoms with E-state index in [2.05, 4.69) is 81.7 Å². The molecule has 4 heteroatoms. The molecule has 1 aliphatic rings. The minimum absolute atomic E-state index is 0.364. The molecule has 1 unspecified atom stereocenters. The summed E-state index contributed by atoms with van der Waals surface area (Å²) in [6.07, 6.45) is 2.01. The molecule has 0 aliphatic carbocycles. The first-order chi connectivity index (χ1) is 14.7. The van der Waals surface area contributed by atoms with Gasteiger partial charge in [0.15, 0.2) is 0 Å². The van der Waals surface area contributed by atoms with Gasteiger partial charge in [0, 0.05) is 41.7 Å². The van der Waals surface area contributed by atoms with Gasteiger partial charge in [-0.05, 0) is 59.5 Å². The average Bonchev–Trinajstić information content (AvgIpc) is 3.25. The number of nitrogens with zero attached hydrogens (tertiary/aromatic N) is 3. The smallest absolute Gasteiger partial charge is 0.0936 e. The highest BCUT2D eigenvalue weighted by Crippen LogP contribution is 2.36. The van der Waals surface area contributed by atoms with Gasteiger partial charge in [-0.2, -0.15) is 0 Å². The molecule has 0 fully saturated rings. The van der Waals surface area contributed by atoms with E-state index in [1.54, 1.807) is 0 Å². The van der Waals surface area contributed by atoms with Gasteiger partial charge in [0.05, 0.1) is 11.2 Å². The Morgan fingerprint density at radius 3 is 2.80 bits per heavy atom. The highest BCUT2D eigenvalue weighted by Gasteiger charge is 2.25. The Bertz CT molecular complexity index is 1380. The SMILES string of the molecule is CN1Cc2cc(-c3cc4ccccc4nn3)ccc2C(c2ccc3cc[nH]c3c2)C1. The number of nitrogens with one attached hydrogen (secondary N) is 1. The zero-order chi connectivity index (χ0) is 20.1. The molecule has 0 saturated carbocycles. The minimum Gasteiger partial charge on any atom is -0.361 e. The third-order valence-corrected chi connectivity index (χ3v) is 6.22. The third-order valence-electron chi connectivity index (χ3n) is 6.22. The van der Waals surface area contributed by atoms with E-state index in [1.807, 2.05) is 24.4 Å². The largest absolute Gasteiger partial charge is 0.361 e. The quantitative estimate of drug-likeness (QED) is 0.442. The van der Waals surface area contributed by atoms with Gasteiger partial charge < -0.3 is 9.88 Å². The standard InChI is InChI=1S/C26H22N4/c1-30-15-21-12-20(26-14-19-4-2-3-5-24(19)28-29-26)8-9-22(21)23(16-30)18-7-6-17-10-11-27-25(17)13-18/h2-14,23,27H,15-16H2,1H3. The lowest BCUT2D eigenvalue weighted by molar-refractivity contribution is 0.295. The molecular formula is C26H22N4. The van der Waals surface area contributed by atoms with E-state index < -0.39 is 0 Å². The van der Waals surface area contributed by atoms with Crippen molar-refractivity contribution >= 4 is 21.8 Å². The molecule has 4 nitrogen and oxygen atoms in total. The Balaban J connectivity index is 1.43. The fourth-order valence-electron chi connectivity index (χ4n) is 4.70. The summed E-state index contributed by atoms with van der Waals surface area (Å²) in [6.45, 7) is 1.97. The molecule has 0 saturated heterocycles. The number of aromatic nitrogens is 3. The van der Waals surface area contributed by atoms with Gasteiger partial charge in [0.25, 0.3) is 0 Å². The topological polar surface area (TPSA) is 44.8 Å². The van der Waals surface area contributed by atoms with Crippen molar-refractivity contribution in [2.45, 2.75) is 12.5 Å². The number of hydrogen-bond donors (Lipinski definition) is 1. The molecule has 2 aromatic heterocycles. The van der Waals surface area contributed by atoms with Crippen LogP contribution in [0, 0.1) is 0 Å². The van der Waals surface area contributed by atoms with Crippen LogP contribution < -0.4 is 0 Å². The summed E-state index contributed by atoms with van der Waals surface area (Å²) in [4.78, 5) is 5.76. The lowest BCUT2D eigenvalue weighted by Gasteiger charge is -2.33. The van der Waals surface area contributed by atoms with Crippen molar-refractivity contribution in [3.05, 3.63) is 95.7 Å². The molecule has 0 amide bonds. The molecule has 146 valence electrons. The van der Waals surface area contributed by atoms with Gasteiger partial charge >= 0.3 is 0 Å². The third kappa shape index (κ3) is 2.88. The molecule has 3 aromatic carbocycles. The monoisotopic (exact) mass is 390 g/mol. The molecule has 0 radical (unpaired) electrons. The van der Waals surface area contributed by atoms with Crippen LogP contribution in [-0.2, 0) is 6.54 Å². The number of aromatic amines is 1. The van der Waals surface area contributed by atoms with E-state index in [0.29, 0.717) is 5.92 Å². The van der Waals surface area contributed by atoms with E-state index in [4.69, 9.17) is 0 Å². The summed E-state index contributed by atoms with van der Waals surface area (Å²) >= 11 is 0. The number of likely N-dealkylation sites (N-methyl/N-ethyl adjacent to an activating group) is 1. The van der Waals surface area contributed by atoms with Gasteiger partial charge in [-0.1, -0.05) is 42.5 Å². The van der Waals surface area contributed by atoms with Crippen molar-refractivity contribution < 1.29 is 0 Å². The molecular weight excluding hydrogens is 368 g/mol. The number of fused-ring (bicyclic) bond motifs is 3. The van der Waals surface area contributed by atoms with Crippen LogP contribution >= 0.6 is 0 Å². The fourth-order valence-corrected chi connectivity index (χ4v) is 4.70. The summed E-state index contributed by atoms with van der Waals surface area (Å²) in [6, 6.07) is 25.9. The molecule has 1 atom stereocenters. The summed E-state index contributed by atoms with van der Waals surface area (Å²) in [7, 11) is 2.20. The first kappa shape index (κ1) is 17.4. The number of hydrogen-bond acceptors (Lipinski definition) is 3. The predicted molar refractivity (Wildman–Crippen MR) is 121 cm³/mol. The Morgan fingerprint density at radius 2 is 1.83 bits per heavy atom. The second-order valence-corrected chi connectivity index (χ2v) is 8.28. The predicted octanol–water partition coefficient (Wildman–Crippen LogP) is 5.36. The van der Waals surface area contributed by atoms with Crippen molar-refractivity contribution in [2.75, 3.05) is 13.6 Å². The number of H-pyrrole nitrogens is 1. The molecule has 30 heavy (non-hydrogen) atoms.